The largest absolute Gasteiger partial charge is 0.326 e. The molecule has 7 heteroatoms. The third-order valence-electron chi connectivity index (χ3n) is 3.51. The lowest BCUT2D eigenvalue weighted by Gasteiger charge is -2.16. The van der Waals surface area contributed by atoms with Gasteiger partial charge in [0.05, 0.1) is 12.1 Å². The molecule has 2 rings (SSSR count). The Morgan fingerprint density at radius 1 is 1.27 bits per heavy atom. The van der Waals surface area contributed by atoms with Gasteiger partial charge in [-0.2, -0.15) is 0 Å². The third kappa shape index (κ3) is 3.24. The first-order valence-corrected chi connectivity index (χ1v) is 8.00. The van der Waals surface area contributed by atoms with Crippen LogP contribution in [0.15, 0.2) is 29.2 Å². The number of carbonyl (C=O) groups is 3. The molecule has 22 heavy (non-hydrogen) atoms. The molecule has 1 unspecified atom stereocenters. The standard InChI is InChI=1S/C15H19N3O3S/c1-4-22-12-8-6-5-7-10(12)16-13(19)9-11-14(20)18(3)15(21)17(11)2/h5-8,11H,4,9H2,1-3H3,(H,16,19). The van der Waals surface area contributed by atoms with Crippen LogP contribution in [0.2, 0.25) is 0 Å². The van der Waals surface area contributed by atoms with Gasteiger partial charge < -0.3 is 10.2 Å². The van der Waals surface area contributed by atoms with E-state index in [-0.39, 0.29) is 24.3 Å². The van der Waals surface area contributed by atoms with Gasteiger partial charge in [-0.1, -0.05) is 19.1 Å². The van der Waals surface area contributed by atoms with E-state index in [2.05, 4.69) is 5.32 Å². The van der Waals surface area contributed by atoms with Crippen LogP contribution in [-0.2, 0) is 9.59 Å². The Morgan fingerprint density at radius 2 is 1.95 bits per heavy atom. The van der Waals surface area contributed by atoms with Gasteiger partial charge in [-0.25, -0.2) is 4.79 Å². The highest BCUT2D eigenvalue weighted by Gasteiger charge is 2.41. The summed E-state index contributed by atoms with van der Waals surface area (Å²) < 4.78 is 0. The molecule has 1 aliphatic heterocycles. The zero-order valence-corrected chi connectivity index (χ0v) is 13.6. The van der Waals surface area contributed by atoms with E-state index in [9.17, 15) is 14.4 Å². The van der Waals surface area contributed by atoms with Gasteiger partial charge in [0.2, 0.25) is 5.91 Å². The first kappa shape index (κ1) is 16.4. The molecule has 0 aliphatic carbocycles. The summed E-state index contributed by atoms with van der Waals surface area (Å²) in [4.78, 5) is 39.2. The third-order valence-corrected chi connectivity index (χ3v) is 4.47. The van der Waals surface area contributed by atoms with Crippen LogP contribution in [0.3, 0.4) is 0 Å². The van der Waals surface area contributed by atoms with E-state index in [1.54, 1.807) is 11.8 Å². The predicted octanol–water partition coefficient (Wildman–Crippen LogP) is 2.02. The Labute approximate surface area is 133 Å². The number of para-hydroxylation sites is 1. The molecule has 1 N–H and O–H groups in total. The molecule has 0 radical (unpaired) electrons. The highest BCUT2D eigenvalue weighted by molar-refractivity contribution is 7.99. The molecule has 118 valence electrons. The maximum absolute atomic E-state index is 12.2. The van der Waals surface area contributed by atoms with Crippen molar-refractivity contribution in [3.63, 3.8) is 0 Å². The number of urea groups is 1. The minimum atomic E-state index is -0.733. The van der Waals surface area contributed by atoms with Crippen LogP contribution in [0.25, 0.3) is 0 Å². The molecular formula is C15H19N3O3S. The van der Waals surface area contributed by atoms with Gasteiger partial charge in [-0.15, -0.1) is 11.8 Å². The normalized spacial score (nSPS) is 18.0. The average molecular weight is 321 g/mol. The maximum Gasteiger partial charge on any atom is 0.326 e. The first-order chi connectivity index (χ1) is 10.5. The molecule has 6 nitrogen and oxygen atoms in total. The lowest BCUT2D eigenvalue weighted by atomic mass is 10.2. The van der Waals surface area contributed by atoms with Crippen LogP contribution >= 0.6 is 11.8 Å². The number of imide groups is 1. The molecule has 0 bridgehead atoms. The van der Waals surface area contributed by atoms with E-state index in [0.717, 1.165) is 21.2 Å². The summed E-state index contributed by atoms with van der Waals surface area (Å²) in [5, 5.41) is 2.82. The van der Waals surface area contributed by atoms with Crippen molar-refractivity contribution in [1.29, 1.82) is 0 Å². The number of hydrogen-bond acceptors (Lipinski definition) is 4. The highest BCUT2D eigenvalue weighted by Crippen LogP contribution is 2.27. The second-order valence-corrected chi connectivity index (χ2v) is 6.29. The predicted molar refractivity (Wildman–Crippen MR) is 85.8 cm³/mol. The summed E-state index contributed by atoms with van der Waals surface area (Å²) in [6, 6.07) is 6.41. The van der Waals surface area contributed by atoms with E-state index in [1.807, 2.05) is 31.2 Å². The fourth-order valence-corrected chi connectivity index (χ4v) is 3.07. The molecule has 1 heterocycles. The molecule has 1 fully saturated rings. The fraction of sp³-hybridized carbons (Fsp3) is 0.400. The van der Waals surface area contributed by atoms with Crippen LogP contribution < -0.4 is 5.32 Å². The number of thioether (sulfide) groups is 1. The van der Waals surface area contributed by atoms with E-state index >= 15 is 0 Å². The molecule has 1 atom stereocenters. The van der Waals surface area contributed by atoms with Crippen molar-refractivity contribution in [2.75, 3.05) is 25.2 Å². The molecule has 1 aliphatic rings. The average Bonchev–Trinajstić information content (AvgIpc) is 2.67. The Kier molecular flexibility index (Phi) is 5.07. The van der Waals surface area contributed by atoms with Gasteiger partial charge in [0.25, 0.3) is 5.91 Å². The van der Waals surface area contributed by atoms with Crippen molar-refractivity contribution in [1.82, 2.24) is 9.80 Å². The van der Waals surface area contributed by atoms with E-state index < -0.39 is 6.04 Å². The summed E-state index contributed by atoms with van der Waals surface area (Å²) in [5.41, 5.74) is 0.729. The number of rotatable bonds is 5. The molecular weight excluding hydrogens is 302 g/mol. The van der Waals surface area contributed by atoms with Gasteiger partial charge in [-0.05, 0) is 17.9 Å². The van der Waals surface area contributed by atoms with Crippen LogP contribution in [-0.4, -0.2) is 53.5 Å². The first-order valence-electron chi connectivity index (χ1n) is 7.01. The van der Waals surface area contributed by atoms with Gasteiger partial charge >= 0.3 is 6.03 Å². The topological polar surface area (TPSA) is 69.7 Å². The molecule has 0 aromatic heterocycles. The lowest BCUT2D eigenvalue weighted by molar-refractivity contribution is -0.129. The number of likely N-dealkylation sites (N-methyl/N-ethyl adjacent to an activating group) is 2. The van der Waals surface area contributed by atoms with Crippen LogP contribution in [0, 0.1) is 0 Å². The van der Waals surface area contributed by atoms with E-state index in [4.69, 9.17) is 0 Å². The van der Waals surface area contributed by atoms with Crippen molar-refractivity contribution in [2.24, 2.45) is 0 Å². The lowest BCUT2D eigenvalue weighted by Crippen LogP contribution is -2.35. The smallest absolute Gasteiger partial charge is 0.325 e. The molecule has 1 aromatic rings. The summed E-state index contributed by atoms with van der Waals surface area (Å²) in [5.74, 6) is 0.270. The number of amides is 4. The Bertz CT molecular complexity index is 605. The van der Waals surface area contributed by atoms with Crippen LogP contribution in [0.4, 0.5) is 10.5 Å². The number of anilines is 1. The minimum absolute atomic E-state index is 0.0451. The zero-order chi connectivity index (χ0) is 16.3. The van der Waals surface area contributed by atoms with Crippen LogP contribution in [0.5, 0.6) is 0 Å². The SMILES string of the molecule is CCSc1ccccc1NC(=O)CC1C(=O)N(C)C(=O)N1C. The van der Waals surface area contributed by atoms with Crippen molar-refractivity contribution >= 4 is 35.3 Å². The van der Waals surface area contributed by atoms with Gasteiger partial charge in [0.15, 0.2) is 0 Å². The number of carbonyl (C=O) groups excluding carboxylic acids is 3. The monoisotopic (exact) mass is 321 g/mol. The molecule has 1 aromatic carbocycles. The fourth-order valence-electron chi connectivity index (χ4n) is 2.31. The zero-order valence-electron chi connectivity index (χ0n) is 12.8. The van der Waals surface area contributed by atoms with Crippen molar-refractivity contribution < 1.29 is 14.4 Å². The van der Waals surface area contributed by atoms with Crippen molar-refractivity contribution in [3.05, 3.63) is 24.3 Å². The van der Waals surface area contributed by atoms with Crippen molar-refractivity contribution in [3.8, 4) is 0 Å². The highest BCUT2D eigenvalue weighted by atomic mass is 32.2. The van der Waals surface area contributed by atoms with E-state index in [1.165, 1.54) is 19.0 Å². The minimum Gasteiger partial charge on any atom is -0.325 e. The summed E-state index contributed by atoms with van der Waals surface area (Å²) >= 11 is 1.63. The second kappa shape index (κ2) is 6.83. The maximum atomic E-state index is 12.2. The molecule has 0 spiro atoms. The van der Waals surface area contributed by atoms with Crippen LogP contribution in [0.1, 0.15) is 13.3 Å². The number of nitrogens with one attached hydrogen (secondary N) is 1. The molecule has 0 saturated carbocycles. The summed E-state index contributed by atoms with van der Waals surface area (Å²) in [7, 11) is 2.95. The van der Waals surface area contributed by atoms with Gasteiger partial charge in [0, 0.05) is 19.0 Å². The van der Waals surface area contributed by atoms with E-state index in [0.29, 0.717) is 0 Å². The number of nitrogens with zero attached hydrogens (tertiary/aromatic N) is 2. The Balaban J connectivity index is 2.05. The molecule has 1 saturated heterocycles. The van der Waals surface area contributed by atoms with Gasteiger partial charge in [-0.3, -0.25) is 14.5 Å². The Hall–Kier alpha value is -2.02. The number of hydrogen-bond donors (Lipinski definition) is 1. The van der Waals surface area contributed by atoms with Gasteiger partial charge in [0.1, 0.15) is 6.04 Å². The molecule has 4 amide bonds. The Morgan fingerprint density at radius 3 is 2.55 bits per heavy atom. The summed E-state index contributed by atoms with van der Waals surface area (Å²) in [6.45, 7) is 2.04. The summed E-state index contributed by atoms with van der Waals surface area (Å²) in [6.07, 6.45) is -0.0451. The van der Waals surface area contributed by atoms with Crippen molar-refractivity contribution in [2.45, 2.75) is 24.3 Å². The number of benzene rings is 1. The second-order valence-electron chi connectivity index (χ2n) is 4.99. The quantitative estimate of drug-likeness (QED) is 0.665.